The molecule has 0 aliphatic rings. The molecular formula is C14H17N3O2. The summed E-state index contributed by atoms with van der Waals surface area (Å²) in [4.78, 5) is 15.6. The fraction of sp³-hybridized carbons (Fsp3) is 0.286. The van der Waals surface area contributed by atoms with E-state index in [9.17, 15) is 4.79 Å². The maximum atomic E-state index is 11.3. The normalized spacial score (nSPS) is 10.4. The van der Waals surface area contributed by atoms with Crippen LogP contribution in [0.25, 0.3) is 10.9 Å². The number of fused-ring (bicyclic) bond motifs is 1. The van der Waals surface area contributed by atoms with Crippen molar-refractivity contribution >= 4 is 28.2 Å². The molecule has 2 rings (SSSR count). The molecule has 0 aliphatic carbocycles. The van der Waals surface area contributed by atoms with E-state index in [0.29, 0.717) is 25.3 Å². The molecule has 5 nitrogen and oxygen atoms in total. The molecule has 19 heavy (non-hydrogen) atoms. The number of hydrogen-bond donors (Lipinski definition) is 2. The van der Waals surface area contributed by atoms with E-state index in [0.717, 1.165) is 16.6 Å². The van der Waals surface area contributed by atoms with Gasteiger partial charge in [0, 0.05) is 23.8 Å². The van der Waals surface area contributed by atoms with Gasteiger partial charge in [-0.2, -0.15) is 0 Å². The second-order valence-electron chi connectivity index (χ2n) is 4.08. The summed E-state index contributed by atoms with van der Waals surface area (Å²) in [6, 6.07) is 7.47. The predicted octanol–water partition coefficient (Wildman–Crippen LogP) is 2.18. The summed E-state index contributed by atoms with van der Waals surface area (Å²) in [5.41, 5.74) is 8.27. The van der Waals surface area contributed by atoms with Gasteiger partial charge in [0.1, 0.15) is 0 Å². The Morgan fingerprint density at radius 2 is 2.26 bits per heavy atom. The average Bonchev–Trinajstić information content (AvgIpc) is 2.42. The van der Waals surface area contributed by atoms with Crippen LogP contribution in [-0.2, 0) is 9.53 Å². The minimum Gasteiger partial charge on any atom is -0.466 e. The van der Waals surface area contributed by atoms with E-state index in [1.807, 2.05) is 24.3 Å². The molecule has 5 heteroatoms. The van der Waals surface area contributed by atoms with Gasteiger partial charge in [-0.3, -0.25) is 9.78 Å². The van der Waals surface area contributed by atoms with Gasteiger partial charge in [0.25, 0.3) is 0 Å². The summed E-state index contributed by atoms with van der Waals surface area (Å²) in [5, 5.41) is 4.09. The first kappa shape index (κ1) is 13.1. The van der Waals surface area contributed by atoms with Crippen LogP contribution in [0.15, 0.2) is 30.5 Å². The van der Waals surface area contributed by atoms with Crippen LogP contribution in [0.1, 0.15) is 13.3 Å². The highest BCUT2D eigenvalue weighted by molar-refractivity contribution is 5.98. The van der Waals surface area contributed by atoms with Crippen LogP contribution in [0.4, 0.5) is 11.4 Å². The molecule has 1 aromatic carbocycles. The van der Waals surface area contributed by atoms with Gasteiger partial charge < -0.3 is 15.8 Å². The van der Waals surface area contributed by atoms with E-state index >= 15 is 0 Å². The molecule has 0 spiro atoms. The number of hydrogen-bond acceptors (Lipinski definition) is 5. The zero-order valence-electron chi connectivity index (χ0n) is 10.8. The summed E-state index contributed by atoms with van der Waals surface area (Å²) >= 11 is 0. The molecule has 0 atom stereocenters. The molecular weight excluding hydrogens is 242 g/mol. The van der Waals surface area contributed by atoms with Gasteiger partial charge in [-0.25, -0.2) is 0 Å². The Labute approximate surface area is 111 Å². The Morgan fingerprint density at radius 1 is 1.42 bits per heavy atom. The van der Waals surface area contributed by atoms with E-state index in [4.69, 9.17) is 10.5 Å². The summed E-state index contributed by atoms with van der Waals surface area (Å²) < 4.78 is 4.87. The topological polar surface area (TPSA) is 77.2 Å². The Morgan fingerprint density at radius 3 is 3.05 bits per heavy atom. The molecule has 100 valence electrons. The molecule has 0 fully saturated rings. The number of nitrogens with two attached hydrogens (primary N) is 1. The molecule has 2 aromatic rings. The zero-order valence-corrected chi connectivity index (χ0v) is 10.8. The van der Waals surface area contributed by atoms with Crippen LogP contribution in [0.5, 0.6) is 0 Å². The summed E-state index contributed by atoms with van der Waals surface area (Å²) in [5.74, 6) is -0.206. The lowest BCUT2D eigenvalue weighted by Crippen LogP contribution is -2.11. The quantitative estimate of drug-likeness (QED) is 0.635. The van der Waals surface area contributed by atoms with Crippen molar-refractivity contribution in [3.63, 3.8) is 0 Å². The van der Waals surface area contributed by atoms with Crippen molar-refractivity contribution in [2.75, 3.05) is 24.2 Å². The van der Waals surface area contributed by atoms with Crippen molar-refractivity contribution in [2.24, 2.45) is 0 Å². The molecule has 0 amide bonds. The Kier molecular flexibility index (Phi) is 4.18. The lowest BCUT2D eigenvalue weighted by atomic mass is 10.1. The number of pyridine rings is 1. The van der Waals surface area contributed by atoms with Gasteiger partial charge in [0.05, 0.1) is 24.2 Å². The van der Waals surface area contributed by atoms with Crippen molar-refractivity contribution in [3.8, 4) is 0 Å². The van der Waals surface area contributed by atoms with Crippen LogP contribution in [0, 0.1) is 0 Å². The minimum atomic E-state index is -0.206. The van der Waals surface area contributed by atoms with Gasteiger partial charge in [-0.05, 0) is 31.2 Å². The van der Waals surface area contributed by atoms with Crippen LogP contribution in [0.3, 0.4) is 0 Å². The largest absolute Gasteiger partial charge is 0.466 e. The van der Waals surface area contributed by atoms with Crippen LogP contribution >= 0.6 is 0 Å². The van der Waals surface area contributed by atoms with Crippen LogP contribution in [0.2, 0.25) is 0 Å². The third-order valence-corrected chi connectivity index (χ3v) is 2.75. The van der Waals surface area contributed by atoms with Gasteiger partial charge in [-0.1, -0.05) is 0 Å². The van der Waals surface area contributed by atoms with E-state index in [1.54, 1.807) is 13.1 Å². The number of aromatic nitrogens is 1. The van der Waals surface area contributed by atoms with Crippen molar-refractivity contribution in [3.05, 3.63) is 30.5 Å². The third kappa shape index (κ3) is 3.13. The number of ether oxygens (including phenoxy) is 1. The second kappa shape index (κ2) is 6.04. The predicted molar refractivity (Wildman–Crippen MR) is 75.9 cm³/mol. The molecule has 0 bridgehead atoms. The average molecular weight is 259 g/mol. The lowest BCUT2D eigenvalue weighted by Gasteiger charge is -2.10. The number of rotatable bonds is 5. The van der Waals surface area contributed by atoms with Gasteiger partial charge in [-0.15, -0.1) is 0 Å². The summed E-state index contributed by atoms with van der Waals surface area (Å²) in [7, 11) is 0. The molecule has 0 unspecified atom stereocenters. The first-order chi connectivity index (χ1) is 9.22. The second-order valence-corrected chi connectivity index (χ2v) is 4.08. The summed E-state index contributed by atoms with van der Waals surface area (Å²) in [6.45, 7) is 2.71. The number of anilines is 2. The summed E-state index contributed by atoms with van der Waals surface area (Å²) in [6.07, 6.45) is 2.05. The maximum absolute atomic E-state index is 11.3. The number of carbonyl (C=O) groups is 1. The first-order valence-electron chi connectivity index (χ1n) is 6.25. The van der Waals surface area contributed by atoms with E-state index in [1.165, 1.54) is 0 Å². The van der Waals surface area contributed by atoms with E-state index in [2.05, 4.69) is 10.3 Å². The fourth-order valence-corrected chi connectivity index (χ4v) is 1.87. The standard InChI is InChI=1S/C14H17N3O2/c1-2-19-13(18)7-9-16-12-6-5-11(15)10-4-3-8-17-14(10)12/h3-6,8,16H,2,7,9,15H2,1H3. The molecule has 0 saturated heterocycles. The highest BCUT2D eigenvalue weighted by Crippen LogP contribution is 2.26. The minimum absolute atomic E-state index is 0.206. The highest BCUT2D eigenvalue weighted by atomic mass is 16.5. The Hall–Kier alpha value is -2.30. The number of nitrogens with zero attached hydrogens (tertiary/aromatic N) is 1. The number of nitrogen functional groups attached to an aromatic ring is 1. The number of esters is 1. The van der Waals surface area contributed by atoms with Crippen molar-refractivity contribution in [2.45, 2.75) is 13.3 Å². The molecule has 0 radical (unpaired) electrons. The van der Waals surface area contributed by atoms with Crippen LogP contribution < -0.4 is 11.1 Å². The van der Waals surface area contributed by atoms with E-state index in [-0.39, 0.29) is 5.97 Å². The number of benzene rings is 1. The van der Waals surface area contributed by atoms with Gasteiger partial charge >= 0.3 is 5.97 Å². The Balaban J connectivity index is 2.09. The Bertz CT molecular complexity index is 584. The molecule has 1 heterocycles. The molecule has 3 N–H and O–H groups in total. The maximum Gasteiger partial charge on any atom is 0.307 e. The number of carbonyl (C=O) groups excluding carboxylic acids is 1. The monoisotopic (exact) mass is 259 g/mol. The SMILES string of the molecule is CCOC(=O)CCNc1ccc(N)c2cccnc12. The van der Waals surface area contributed by atoms with Gasteiger partial charge in [0.2, 0.25) is 0 Å². The molecule has 0 saturated carbocycles. The fourth-order valence-electron chi connectivity index (χ4n) is 1.87. The van der Waals surface area contributed by atoms with Crippen LogP contribution in [-0.4, -0.2) is 24.1 Å². The highest BCUT2D eigenvalue weighted by Gasteiger charge is 2.06. The third-order valence-electron chi connectivity index (χ3n) is 2.75. The zero-order chi connectivity index (χ0) is 13.7. The van der Waals surface area contributed by atoms with Gasteiger partial charge in [0.15, 0.2) is 0 Å². The lowest BCUT2D eigenvalue weighted by molar-refractivity contribution is -0.142. The van der Waals surface area contributed by atoms with E-state index < -0.39 is 0 Å². The smallest absolute Gasteiger partial charge is 0.307 e. The molecule has 1 aromatic heterocycles. The first-order valence-corrected chi connectivity index (χ1v) is 6.25. The number of nitrogens with one attached hydrogen (secondary N) is 1. The molecule has 0 aliphatic heterocycles. The van der Waals surface area contributed by atoms with Crippen molar-refractivity contribution in [1.29, 1.82) is 0 Å². The van der Waals surface area contributed by atoms with Crippen molar-refractivity contribution in [1.82, 2.24) is 4.98 Å². The van der Waals surface area contributed by atoms with Crippen molar-refractivity contribution < 1.29 is 9.53 Å².